The Morgan fingerprint density at radius 1 is 1.15 bits per heavy atom. The zero-order valence-corrected chi connectivity index (χ0v) is 14.8. The fraction of sp³-hybridized carbons (Fsp3) is 0.588. The molecule has 1 saturated heterocycles. The summed E-state index contributed by atoms with van der Waals surface area (Å²) in [6.07, 6.45) is -2.04. The second kappa shape index (κ2) is 6.84. The Balaban J connectivity index is 1.91. The molecule has 3 rings (SSSR count). The molecule has 3 atom stereocenters. The number of hydrogen-bond acceptors (Lipinski definition) is 3. The van der Waals surface area contributed by atoms with E-state index in [1.807, 2.05) is 0 Å². The fourth-order valence-corrected chi connectivity index (χ4v) is 5.98. The van der Waals surface area contributed by atoms with E-state index < -0.39 is 34.6 Å². The van der Waals surface area contributed by atoms with Gasteiger partial charge in [-0.1, -0.05) is 25.0 Å². The van der Waals surface area contributed by atoms with Gasteiger partial charge in [0, 0.05) is 6.04 Å². The molecule has 1 aliphatic carbocycles. The van der Waals surface area contributed by atoms with Crippen molar-refractivity contribution in [2.24, 2.45) is 5.92 Å². The molecule has 2 fully saturated rings. The van der Waals surface area contributed by atoms with Gasteiger partial charge in [0.05, 0.1) is 11.3 Å². The van der Waals surface area contributed by atoms with Crippen LogP contribution in [0.3, 0.4) is 0 Å². The van der Waals surface area contributed by atoms with Gasteiger partial charge >= 0.3 is 12.1 Å². The smallest absolute Gasteiger partial charge is 0.393 e. The molecule has 1 aromatic rings. The van der Waals surface area contributed by atoms with E-state index in [9.17, 15) is 31.5 Å². The Morgan fingerprint density at radius 3 is 2.35 bits per heavy atom. The molecule has 1 saturated carbocycles. The summed E-state index contributed by atoms with van der Waals surface area (Å²) in [6, 6.07) is 3.04. The standard InChI is InChI=1S/C17H20F3NO4S/c18-17(19,20)10-11-5-7-13(8-6-11)26(24,25)21-14-4-2-1-3-12(14)9-15(21)16(22)23/h5-8,12,14-15H,1-4,9-10H2,(H,22,23). The summed E-state index contributed by atoms with van der Waals surface area (Å²) in [6.45, 7) is 0. The summed E-state index contributed by atoms with van der Waals surface area (Å²) in [5.41, 5.74) is -0.0387. The van der Waals surface area contributed by atoms with Gasteiger partial charge in [-0.15, -0.1) is 0 Å². The lowest BCUT2D eigenvalue weighted by Gasteiger charge is -2.32. The van der Waals surface area contributed by atoms with Crippen LogP contribution in [-0.4, -0.2) is 42.1 Å². The minimum absolute atomic E-state index is 0.0177. The van der Waals surface area contributed by atoms with Crippen LogP contribution in [0.1, 0.15) is 37.7 Å². The number of carboxylic acid groups (broad SMARTS) is 1. The first-order valence-electron chi connectivity index (χ1n) is 8.51. The minimum atomic E-state index is -4.38. The molecular formula is C17H20F3NO4S. The normalized spacial score (nSPS) is 27.3. The molecule has 1 N–H and O–H groups in total. The van der Waals surface area contributed by atoms with Gasteiger partial charge < -0.3 is 5.11 Å². The molecule has 0 amide bonds. The van der Waals surface area contributed by atoms with E-state index in [0.29, 0.717) is 6.42 Å². The lowest BCUT2D eigenvalue weighted by Crippen LogP contribution is -2.46. The summed E-state index contributed by atoms with van der Waals surface area (Å²) < 4.78 is 64.5. The quantitative estimate of drug-likeness (QED) is 0.855. The molecule has 2 aliphatic rings. The Labute approximate surface area is 149 Å². The molecule has 144 valence electrons. The largest absolute Gasteiger partial charge is 0.480 e. The van der Waals surface area contributed by atoms with Crippen LogP contribution in [-0.2, 0) is 21.2 Å². The van der Waals surface area contributed by atoms with Gasteiger partial charge in [0.2, 0.25) is 10.0 Å². The van der Waals surface area contributed by atoms with E-state index in [1.165, 1.54) is 0 Å². The van der Waals surface area contributed by atoms with E-state index in [1.54, 1.807) is 0 Å². The molecule has 3 unspecified atom stereocenters. The molecule has 0 bridgehead atoms. The lowest BCUT2D eigenvalue weighted by molar-refractivity contribution is -0.141. The number of halogens is 3. The summed E-state index contributed by atoms with van der Waals surface area (Å²) in [5.74, 6) is -1.17. The summed E-state index contributed by atoms with van der Waals surface area (Å²) in [5, 5.41) is 9.48. The van der Waals surface area contributed by atoms with Gasteiger partial charge in [0.1, 0.15) is 6.04 Å². The van der Waals surface area contributed by atoms with Crippen molar-refractivity contribution >= 4 is 16.0 Å². The predicted molar refractivity (Wildman–Crippen MR) is 87.0 cm³/mol. The maximum absolute atomic E-state index is 13.0. The predicted octanol–water partition coefficient (Wildman–Crippen LogP) is 3.20. The summed E-state index contributed by atoms with van der Waals surface area (Å²) in [4.78, 5) is 11.4. The van der Waals surface area contributed by atoms with E-state index in [-0.39, 0.29) is 28.8 Å². The number of aliphatic carboxylic acids is 1. The topological polar surface area (TPSA) is 74.7 Å². The highest BCUT2D eigenvalue weighted by atomic mass is 32.2. The highest BCUT2D eigenvalue weighted by Crippen LogP contribution is 2.42. The Bertz CT molecular complexity index is 776. The van der Waals surface area contributed by atoms with Gasteiger partial charge in [-0.3, -0.25) is 4.79 Å². The lowest BCUT2D eigenvalue weighted by atomic mass is 9.85. The zero-order chi connectivity index (χ0) is 19.1. The molecular weight excluding hydrogens is 371 g/mol. The third-order valence-electron chi connectivity index (χ3n) is 5.22. The Hall–Kier alpha value is -1.61. The van der Waals surface area contributed by atoms with Crippen LogP contribution < -0.4 is 0 Å². The highest BCUT2D eigenvalue weighted by molar-refractivity contribution is 7.89. The second-order valence-electron chi connectivity index (χ2n) is 6.97. The van der Waals surface area contributed by atoms with Crippen molar-refractivity contribution in [2.45, 2.75) is 61.7 Å². The average Bonchev–Trinajstić information content (AvgIpc) is 2.94. The van der Waals surface area contributed by atoms with Crippen molar-refractivity contribution < 1.29 is 31.5 Å². The number of fused-ring (bicyclic) bond motifs is 1. The number of carboxylic acids is 1. The van der Waals surface area contributed by atoms with Gasteiger partial charge in [0.25, 0.3) is 0 Å². The molecule has 1 aliphatic heterocycles. The van der Waals surface area contributed by atoms with Crippen LogP contribution in [0, 0.1) is 5.92 Å². The van der Waals surface area contributed by atoms with Gasteiger partial charge in [-0.05, 0) is 42.9 Å². The maximum atomic E-state index is 13.0. The number of sulfonamides is 1. The summed E-state index contributed by atoms with van der Waals surface area (Å²) in [7, 11) is -4.09. The molecule has 1 heterocycles. The van der Waals surface area contributed by atoms with Crippen LogP contribution in [0.25, 0.3) is 0 Å². The van der Waals surface area contributed by atoms with Crippen LogP contribution in [0.5, 0.6) is 0 Å². The second-order valence-corrected chi connectivity index (χ2v) is 8.82. The molecule has 0 radical (unpaired) electrons. The third-order valence-corrected chi connectivity index (χ3v) is 7.17. The summed E-state index contributed by atoms with van der Waals surface area (Å²) >= 11 is 0. The molecule has 0 aromatic heterocycles. The van der Waals surface area contributed by atoms with Crippen molar-refractivity contribution in [1.29, 1.82) is 0 Å². The number of alkyl halides is 3. The molecule has 0 spiro atoms. The fourth-order valence-electron chi connectivity index (χ4n) is 4.11. The van der Waals surface area contributed by atoms with Crippen LogP contribution in [0.2, 0.25) is 0 Å². The van der Waals surface area contributed by atoms with Crippen LogP contribution in [0.4, 0.5) is 13.2 Å². The maximum Gasteiger partial charge on any atom is 0.393 e. The Kier molecular flexibility index (Phi) is 5.04. The van der Waals surface area contributed by atoms with Crippen molar-refractivity contribution in [3.63, 3.8) is 0 Å². The first kappa shape index (κ1) is 19.2. The zero-order valence-electron chi connectivity index (χ0n) is 13.9. The number of benzene rings is 1. The number of carbonyl (C=O) groups is 1. The van der Waals surface area contributed by atoms with Crippen LogP contribution in [0.15, 0.2) is 29.2 Å². The first-order chi connectivity index (χ1) is 12.1. The van der Waals surface area contributed by atoms with Crippen LogP contribution >= 0.6 is 0 Å². The molecule has 26 heavy (non-hydrogen) atoms. The number of nitrogens with zero attached hydrogens (tertiary/aromatic N) is 1. The highest BCUT2D eigenvalue weighted by Gasteiger charge is 2.51. The van der Waals surface area contributed by atoms with Gasteiger partial charge in [-0.2, -0.15) is 17.5 Å². The monoisotopic (exact) mass is 391 g/mol. The average molecular weight is 391 g/mol. The molecule has 9 heteroatoms. The SMILES string of the molecule is O=C(O)C1CC2CCCCC2N1S(=O)(=O)c1ccc(CC(F)(F)F)cc1. The van der Waals surface area contributed by atoms with Gasteiger partial charge in [-0.25, -0.2) is 8.42 Å². The van der Waals surface area contributed by atoms with Crippen molar-refractivity contribution in [1.82, 2.24) is 4.31 Å². The van der Waals surface area contributed by atoms with Crippen molar-refractivity contribution in [2.75, 3.05) is 0 Å². The number of rotatable bonds is 4. The van der Waals surface area contributed by atoms with E-state index in [0.717, 1.165) is 47.8 Å². The van der Waals surface area contributed by atoms with E-state index in [2.05, 4.69) is 0 Å². The minimum Gasteiger partial charge on any atom is -0.480 e. The number of hydrogen-bond donors (Lipinski definition) is 1. The molecule has 5 nitrogen and oxygen atoms in total. The van der Waals surface area contributed by atoms with Crippen molar-refractivity contribution in [3.05, 3.63) is 29.8 Å². The first-order valence-corrected chi connectivity index (χ1v) is 9.95. The van der Waals surface area contributed by atoms with E-state index >= 15 is 0 Å². The molecule has 1 aromatic carbocycles. The Morgan fingerprint density at radius 2 is 1.77 bits per heavy atom. The van der Waals surface area contributed by atoms with Crippen molar-refractivity contribution in [3.8, 4) is 0 Å². The third kappa shape index (κ3) is 3.73. The van der Waals surface area contributed by atoms with Gasteiger partial charge in [0.15, 0.2) is 0 Å². The van der Waals surface area contributed by atoms with E-state index in [4.69, 9.17) is 0 Å².